The second-order valence-electron chi connectivity index (χ2n) is 4.97. The van der Waals surface area contributed by atoms with Crippen LogP contribution in [-0.4, -0.2) is 9.97 Å². The van der Waals surface area contributed by atoms with Crippen LogP contribution in [0.25, 0.3) is 11.3 Å². The van der Waals surface area contributed by atoms with Crippen molar-refractivity contribution in [3.8, 4) is 11.3 Å². The van der Waals surface area contributed by atoms with Crippen LogP contribution in [0.5, 0.6) is 0 Å². The highest BCUT2D eigenvalue weighted by Gasteiger charge is 2.28. The molecule has 0 aliphatic heterocycles. The number of nitrogens with zero attached hydrogens (tertiary/aromatic N) is 2. The summed E-state index contributed by atoms with van der Waals surface area (Å²) in [6, 6.07) is 1.84. The Hall–Kier alpha value is -2.11. The third kappa shape index (κ3) is 2.11. The minimum Gasteiger partial charge on any atom is -0.383 e. The minimum atomic E-state index is -1.49. The van der Waals surface area contributed by atoms with Gasteiger partial charge in [0, 0.05) is 17.0 Å². The van der Waals surface area contributed by atoms with E-state index >= 15 is 0 Å². The highest BCUT2D eigenvalue weighted by Crippen LogP contribution is 2.39. The van der Waals surface area contributed by atoms with Crippen LogP contribution in [-0.2, 0) is 0 Å². The smallest absolute Gasteiger partial charge is 0.194 e. The lowest BCUT2D eigenvalue weighted by Gasteiger charge is -2.10. The van der Waals surface area contributed by atoms with E-state index in [1.165, 1.54) is 0 Å². The van der Waals surface area contributed by atoms with Crippen molar-refractivity contribution in [1.82, 2.24) is 9.97 Å². The number of aromatic nitrogens is 2. The molecule has 3 nitrogen and oxygen atoms in total. The first-order valence-corrected chi connectivity index (χ1v) is 6.26. The van der Waals surface area contributed by atoms with Gasteiger partial charge in [-0.1, -0.05) is 0 Å². The Labute approximate surface area is 113 Å². The van der Waals surface area contributed by atoms with E-state index in [2.05, 4.69) is 9.97 Å². The summed E-state index contributed by atoms with van der Waals surface area (Å²) in [5.74, 6) is -2.87. The Kier molecular flexibility index (Phi) is 2.88. The van der Waals surface area contributed by atoms with E-state index in [-0.39, 0.29) is 17.3 Å². The maximum Gasteiger partial charge on any atom is 0.194 e. The van der Waals surface area contributed by atoms with Crippen LogP contribution in [0.4, 0.5) is 19.0 Å². The Balaban J connectivity index is 2.18. The molecule has 1 fully saturated rings. The van der Waals surface area contributed by atoms with E-state index < -0.39 is 17.5 Å². The molecule has 6 heteroatoms. The predicted octanol–water partition coefficient (Wildman–Crippen LogP) is 3.33. The maximum absolute atomic E-state index is 13.3. The van der Waals surface area contributed by atoms with Gasteiger partial charge in [-0.25, -0.2) is 23.1 Å². The van der Waals surface area contributed by atoms with E-state index in [1.54, 1.807) is 6.92 Å². The zero-order chi connectivity index (χ0) is 14.4. The number of nitrogen functional groups attached to an aromatic ring is 1. The van der Waals surface area contributed by atoms with E-state index in [9.17, 15) is 13.2 Å². The Morgan fingerprint density at radius 3 is 2.25 bits per heavy atom. The number of hydrogen-bond donors (Lipinski definition) is 1. The Morgan fingerprint density at radius 1 is 1.10 bits per heavy atom. The summed E-state index contributed by atoms with van der Waals surface area (Å²) in [6.45, 7) is 1.67. The van der Waals surface area contributed by atoms with Gasteiger partial charge in [-0.05, 0) is 31.9 Å². The molecule has 0 bridgehead atoms. The van der Waals surface area contributed by atoms with Crippen LogP contribution in [0.1, 0.15) is 30.1 Å². The number of anilines is 1. The zero-order valence-corrected chi connectivity index (χ0v) is 10.8. The lowest BCUT2D eigenvalue weighted by Crippen LogP contribution is -2.05. The molecule has 0 saturated heterocycles. The summed E-state index contributed by atoms with van der Waals surface area (Å²) >= 11 is 0. The molecule has 1 saturated carbocycles. The predicted molar refractivity (Wildman–Crippen MR) is 68.5 cm³/mol. The monoisotopic (exact) mass is 279 g/mol. The fourth-order valence-electron chi connectivity index (χ4n) is 2.05. The number of rotatable bonds is 2. The second-order valence-corrected chi connectivity index (χ2v) is 4.97. The van der Waals surface area contributed by atoms with E-state index in [0.29, 0.717) is 17.1 Å². The largest absolute Gasteiger partial charge is 0.383 e. The summed E-state index contributed by atoms with van der Waals surface area (Å²) in [7, 11) is 0. The first kappa shape index (κ1) is 12.9. The molecule has 1 aliphatic rings. The molecule has 1 aromatic carbocycles. The van der Waals surface area contributed by atoms with Crippen molar-refractivity contribution in [2.45, 2.75) is 25.7 Å². The molecule has 1 aliphatic carbocycles. The highest BCUT2D eigenvalue weighted by atomic mass is 19.2. The molecule has 0 atom stereocenters. The fraction of sp³-hybridized carbons (Fsp3) is 0.286. The molecule has 3 rings (SSSR count). The molecule has 0 amide bonds. The lowest BCUT2D eigenvalue weighted by molar-refractivity contribution is 0.447. The minimum absolute atomic E-state index is 0.162. The van der Waals surface area contributed by atoms with Crippen molar-refractivity contribution in [1.29, 1.82) is 0 Å². The van der Waals surface area contributed by atoms with Crippen LogP contribution >= 0.6 is 0 Å². The normalized spacial score (nSPS) is 14.6. The summed E-state index contributed by atoms with van der Waals surface area (Å²) in [5.41, 5.74) is 6.85. The topological polar surface area (TPSA) is 51.8 Å². The van der Waals surface area contributed by atoms with Crippen LogP contribution in [0.3, 0.4) is 0 Å². The van der Waals surface area contributed by atoms with Gasteiger partial charge in [0.1, 0.15) is 11.6 Å². The third-order valence-electron chi connectivity index (χ3n) is 3.40. The number of nitrogens with two attached hydrogens (primary N) is 1. The maximum atomic E-state index is 13.3. The standard InChI is InChI=1S/C14H12F3N3/c1-6-12(8-4-9(15)11(17)10(16)5-8)19-14(7-2-3-7)20-13(6)18/h4-5,7H,2-3H2,1H3,(H2,18,19,20). The van der Waals surface area contributed by atoms with Gasteiger partial charge in [-0.2, -0.15) is 0 Å². The molecule has 0 unspecified atom stereocenters. The third-order valence-corrected chi connectivity index (χ3v) is 3.40. The van der Waals surface area contributed by atoms with Crippen molar-refractivity contribution < 1.29 is 13.2 Å². The lowest BCUT2D eigenvalue weighted by atomic mass is 10.1. The fourth-order valence-corrected chi connectivity index (χ4v) is 2.05. The van der Waals surface area contributed by atoms with Gasteiger partial charge in [0.15, 0.2) is 17.5 Å². The molecular formula is C14H12F3N3. The molecule has 2 N–H and O–H groups in total. The van der Waals surface area contributed by atoms with Gasteiger partial charge < -0.3 is 5.73 Å². The summed E-state index contributed by atoms with van der Waals surface area (Å²) in [5, 5.41) is 0. The SMILES string of the molecule is Cc1c(N)nc(C2CC2)nc1-c1cc(F)c(F)c(F)c1. The highest BCUT2D eigenvalue weighted by molar-refractivity contribution is 5.67. The van der Waals surface area contributed by atoms with E-state index in [1.807, 2.05) is 0 Å². The Bertz CT molecular complexity index is 673. The van der Waals surface area contributed by atoms with Gasteiger partial charge in [0.25, 0.3) is 0 Å². The van der Waals surface area contributed by atoms with Crippen molar-refractivity contribution in [3.05, 3.63) is 41.0 Å². The molecule has 1 aromatic heterocycles. The van der Waals surface area contributed by atoms with E-state index in [0.717, 1.165) is 25.0 Å². The summed E-state index contributed by atoms with van der Waals surface area (Å²) in [4.78, 5) is 8.52. The zero-order valence-electron chi connectivity index (χ0n) is 10.8. The van der Waals surface area contributed by atoms with Crippen molar-refractivity contribution >= 4 is 5.82 Å². The Morgan fingerprint density at radius 2 is 1.70 bits per heavy atom. The molecule has 0 spiro atoms. The second kappa shape index (κ2) is 4.47. The van der Waals surface area contributed by atoms with Gasteiger partial charge in [0.05, 0.1) is 5.69 Å². The van der Waals surface area contributed by atoms with Crippen molar-refractivity contribution in [2.75, 3.05) is 5.73 Å². The molecule has 0 radical (unpaired) electrons. The average Bonchev–Trinajstić information content (AvgIpc) is 3.22. The average molecular weight is 279 g/mol. The van der Waals surface area contributed by atoms with Gasteiger partial charge in [-0.3, -0.25) is 0 Å². The van der Waals surface area contributed by atoms with Gasteiger partial charge in [0.2, 0.25) is 0 Å². The van der Waals surface area contributed by atoms with Gasteiger partial charge >= 0.3 is 0 Å². The van der Waals surface area contributed by atoms with E-state index in [4.69, 9.17) is 5.73 Å². The molecular weight excluding hydrogens is 267 g/mol. The van der Waals surface area contributed by atoms with Gasteiger partial charge in [-0.15, -0.1) is 0 Å². The molecule has 2 aromatic rings. The summed E-state index contributed by atoms with van der Waals surface area (Å²) in [6.07, 6.45) is 1.96. The quantitative estimate of drug-likeness (QED) is 0.858. The van der Waals surface area contributed by atoms with Crippen molar-refractivity contribution in [3.63, 3.8) is 0 Å². The molecule has 104 valence electrons. The summed E-state index contributed by atoms with van der Waals surface area (Å²) < 4.78 is 39.7. The molecule has 1 heterocycles. The van der Waals surface area contributed by atoms with Crippen LogP contribution in [0.15, 0.2) is 12.1 Å². The van der Waals surface area contributed by atoms with Crippen LogP contribution in [0.2, 0.25) is 0 Å². The number of hydrogen-bond acceptors (Lipinski definition) is 3. The number of benzene rings is 1. The van der Waals surface area contributed by atoms with Crippen LogP contribution in [0, 0.1) is 24.4 Å². The number of halogens is 3. The van der Waals surface area contributed by atoms with Crippen LogP contribution < -0.4 is 5.73 Å². The first-order chi connectivity index (χ1) is 9.47. The van der Waals surface area contributed by atoms with Crippen molar-refractivity contribution in [2.24, 2.45) is 0 Å². The first-order valence-electron chi connectivity index (χ1n) is 6.26. The molecule has 20 heavy (non-hydrogen) atoms.